The Bertz CT molecular complexity index is 447. The molecule has 0 saturated heterocycles. The van der Waals surface area contributed by atoms with Crippen molar-refractivity contribution in [2.75, 3.05) is 11.9 Å². The van der Waals surface area contributed by atoms with Gasteiger partial charge < -0.3 is 5.32 Å². The molecule has 5 heteroatoms. The van der Waals surface area contributed by atoms with Crippen LogP contribution in [0.4, 0.5) is 5.82 Å². The minimum atomic E-state index is 0.712. The summed E-state index contributed by atoms with van der Waals surface area (Å²) in [6.07, 6.45) is 3.45. The zero-order valence-electron chi connectivity index (χ0n) is 8.92. The second-order valence-corrected chi connectivity index (χ2v) is 4.01. The van der Waals surface area contributed by atoms with E-state index < -0.39 is 0 Å². The third-order valence-corrected chi connectivity index (χ3v) is 2.65. The van der Waals surface area contributed by atoms with E-state index in [2.05, 4.69) is 20.3 Å². The van der Waals surface area contributed by atoms with Crippen molar-refractivity contribution in [3.63, 3.8) is 0 Å². The van der Waals surface area contributed by atoms with Crippen molar-refractivity contribution in [1.82, 2.24) is 15.0 Å². The third-order valence-electron chi connectivity index (χ3n) is 1.82. The van der Waals surface area contributed by atoms with Gasteiger partial charge >= 0.3 is 0 Å². The summed E-state index contributed by atoms with van der Waals surface area (Å²) in [5.41, 5.74) is 0. The molecule has 82 valence electrons. The van der Waals surface area contributed by atoms with Gasteiger partial charge in [-0.15, -0.1) is 0 Å². The normalized spacial score (nSPS) is 10.1. The van der Waals surface area contributed by atoms with Crippen LogP contribution in [-0.4, -0.2) is 21.5 Å². The van der Waals surface area contributed by atoms with Gasteiger partial charge in [-0.2, -0.15) is 0 Å². The molecule has 2 aromatic heterocycles. The van der Waals surface area contributed by atoms with Gasteiger partial charge in [-0.3, -0.25) is 0 Å². The summed E-state index contributed by atoms with van der Waals surface area (Å²) in [6.45, 7) is 2.91. The monoisotopic (exact) mass is 232 g/mol. The van der Waals surface area contributed by atoms with Crippen molar-refractivity contribution >= 4 is 17.6 Å². The van der Waals surface area contributed by atoms with Gasteiger partial charge in [-0.05, 0) is 36.9 Å². The zero-order valence-corrected chi connectivity index (χ0v) is 9.74. The molecule has 16 heavy (non-hydrogen) atoms. The summed E-state index contributed by atoms with van der Waals surface area (Å²) in [4.78, 5) is 12.7. The van der Waals surface area contributed by atoms with E-state index in [0.717, 1.165) is 17.4 Å². The van der Waals surface area contributed by atoms with Crippen LogP contribution >= 0.6 is 11.8 Å². The Hall–Kier alpha value is -1.62. The molecular formula is C11H12N4S. The summed E-state index contributed by atoms with van der Waals surface area (Å²) < 4.78 is 0. The lowest BCUT2D eigenvalue weighted by Gasteiger charge is -2.03. The lowest BCUT2D eigenvalue weighted by Crippen LogP contribution is -1.99. The molecule has 2 aromatic rings. The van der Waals surface area contributed by atoms with Crippen molar-refractivity contribution in [1.29, 1.82) is 0 Å². The molecule has 0 fully saturated rings. The molecule has 0 amide bonds. The molecule has 1 N–H and O–H groups in total. The van der Waals surface area contributed by atoms with Gasteiger partial charge in [0.1, 0.15) is 10.8 Å². The molecule has 0 aliphatic rings. The molecular weight excluding hydrogens is 220 g/mol. The van der Waals surface area contributed by atoms with Gasteiger partial charge in [-0.25, -0.2) is 15.0 Å². The number of rotatable bonds is 4. The molecule has 0 aliphatic heterocycles. The van der Waals surface area contributed by atoms with E-state index in [4.69, 9.17) is 0 Å². The summed E-state index contributed by atoms with van der Waals surface area (Å²) in [7, 11) is 0. The Kier molecular flexibility index (Phi) is 3.71. The summed E-state index contributed by atoms with van der Waals surface area (Å²) in [5.74, 6) is 0.878. The Labute approximate surface area is 98.6 Å². The highest BCUT2D eigenvalue weighted by atomic mass is 32.2. The highest BCUT2D eigenvalue weighted by Crippen LogP contribution is 2.22. The highest BCUT2D eigenvalue weighted by Gasteiger charge is 2.01. The maximum absolute atomic E-state index is 4.43. The van der Waals surface area contributed by atoms with Crippen molar-refractivity contribution in [2.24, 2.45) is 0 Å². The van der Waals surface area contributed by atoms with Crippen LogP contribution < -0.4 is 5.32 Å². The topological polar surface area (TPSA) is 50.7 Å². The first-order chi connectivity index (χ1) is 7.88. The summed E-state index contributed by atoms with van der Waals surface area (Å²) >= 11 is 1.45. The van der Waals surface area contributed by atoms with Gasteiger partial charge in [0.2, 0.25) is 0 Å². The van der Waals surface area contributed by atoms with E-state index in [9.17, 15) is 0 Å². The fraction of sp³-hybridized carbons (Fsp3) is 0.182. The van der Waals surface area contributed by atoms with Crippen molar-refractivity contribution in [2.45, 2.75) is 17.1 Å². The fourth-order valence-corrected chi connectivity index (χ4v) is 1.89. The van der Waals surface area contributed by atoms with Gasteiger partial charge in [0.15, 0.2) is 5.16 Å². The molecule has 2 heterocycles. The Morgan fingerprint density at radius 3 is 2.75 bits per heavy atom. The standard InChI is InChI=1S/C11H12N4S/c1-2-12-9-5-3-6-10(15-9)16-11-13-7-4-8-14-11/h3-8H,2H2,1H3,(H,12,15). The number of pyridine rings is 1. The molecule has 0 unspecified atom stereocenters. The number of nitrogens with zero attached hydrogens (tertiary/aromatic N) is 3. The van der Waals surface area contributed by atoms with Crippen LogP contribution in [0, 0.1) is 0 Å². The number of hydrogen-bond donors (Lipinski definition) is 1. The van der Waals surface area contributed by atoms with Crippen LogP contribution in [0.1, 0.15) is 6.92 Å². The third kappa shape index (κ3) is 2.93. The Morgan fingerprint density at radius 1 is 1.19 bits per heavy atom. The van der Waals surface area contributed by atoms with E-state index in [-0.39, 0.29) is 0 Å². The minimum absolute atomic E-state index is 0.712. The number of aromatic nitrogens is 3. The minimum Gasteiger partial charge on any atom is -0.370 e. The average molecular weight is 232 g/mol. The maximum atomic E-state index is 4.43. The van der Waals surface area contributed by atoms with E-state index in [1.54, 1.807) is 18.5 Å². The van der Waals surface area contributed by atoms with Crippen molar-refractivity contribution < 1.29 is 0 Å². The SMILES string of the molecule is CCNc1cccc(Sc2ncccn2)n1. The smallest absolute Gasteiger partial charge is 0.193 e. The molecule has 0 atom stereocenters. The predicted octanol–water partition coefficient (Wildman–Crippen LogP) is 2.45. The van der Waals surface area contributed by atoms with E-state index >= 15 is 0 Å². The average Bonchev–Trinajstić information content (AvgIpc) is 2.31. The molecule has 2 rings (SSSR count). The second kappa shape index (κ2) is 5.46. The number of anilines is 1. The molecule has 0 bridgehead atoms. The van der Waals surface area contributed by atoms with Gasteiger partial charge in [0.25, 0.3) is 0 Å². The molecule has 4 nitrogen and oxygen atoms in total. The summed E-state index contributed by atoms with van der Waals surface area (Å²) in [5, 5.41) is 4.77. The predicted molar refractivity (Wildman–Crippen MR) is 64.6 cm³/mol. The second-order valence-electron chi connectivity index (χ2n) is 3.02. The van der Waals surface area contributed by atoms with Crippen LogP contribution in [0.3, 0.4) is 0 Å². The van der Waals surface area contributed by atoms with Crippen LogP contribution in [0.15, 0.2) is 46.8 Å². The molecule has 0 spiro atoms. The molecule has 0 aliphatic carbocycles. The van der Waals surface area contributed by atoms with Crippen molar-refractivity contribution in [3.05, 3.63) is 36.7 Å². The summed E-state index contributed by atoms with van der Waals surface area (Å²) in [6, 6.07) is 7.66. The van der Waals surface area contributed by atoms with Crippen LogP contribution in [0.25, 0.3) is 0 Å². The first-order valence-corrected chi connectivity index (χ1v) is 5.86. The van der Waals surface area contributed by atoms with Crippen LogP contribution in [0.2, 0.25) is 0 Å². The van der Waals surface area contributed by atoms with Gasteiger partial charge in [0, 0.05) is 18.9 Å². The lowest BCUT2D eigenvalue weighted by molar-refractivity contribution is 0.959. The largest absolute Gasteiger partial charge is 0.370 e. The van der Waals surface area contributed by atoms with Gasteiger partial charge in [-0.1, -0.05) is 6.07 Å². The highest BCUT2D eigenvalue weighted by molar-refractivity contribution is 7.99. The number of nitrogens with one attached hydrogen (secondary N) is 1. The Morgan fingerprint density at radius 2 is 2.00 bits per heavy atom. The number of hydrogen-bond acceptors (Lipinski definition) is 5. The van der Waals surface area contributed by atoms with E-state index in [1.807, 2.05) is 25.1 Å². The first-order valence-electron chi connectivity index (χ1n) is 5.04. The van der Waals surface area contributed by atoms with Crippen LogP contribution in [0.5, 0.6) is 0 Å². The maximum Gasteiger partial charge on any atom is 0.193 e. The van der Waals surface area contributed by atoms with E-state index in [0.29, 0.717) is 5.16 Å². The zero-order chi connectivity index (χ0) is 11.2. The fourth-order valence-electron chi connectivity index (χ4n) is 1.18. The Balaban J connectivity index is 2.12. The van der Waals surface area contributed by atoms with Crippen LogP contribution in [-0.2, 0) is 0 Å². The molecule has 0 radical (unpaired) electrons. The molecule has 0 aromatic carbocycles. The van der Waals surface area contributed by atoms with Crippen molar-refractivity contribution in [3.8, 4) is 0 Å². The first kappa shape index (κ1) is 10.9. The van der Waals surface area contributed by atoms with Gasteiger partial charge in [0.05, 0.1) is 0 Å². The quantitative estimate of drug-likeness (QED) is 0.821. The molecule has 0 saturated carbocycles. The lowest BCUT2D eigenvalue weighted by atomic mass is 10.4. The van der Waals surface area contributed by atoms with E-state index in [1.165, 1.54) is 11.8 Å².